The van der Waals surface area contributed by atoms with E-state index in [0.29, 0.717) is 5.56 Å². The van der Waals surface area contributed by atoms with E-state index >= 15 is 0 Å². The number of primary amides is 1. The lowest BCUT2D eigenvalue weighted by Crippen LogP contribution is -2.10. The van der Waals surface area contributed by atoms with E-state index in [0.717, 1.165) is 16.5 Å². The molecule has 0 heterocycles. The lowest BCUT2D eigenvalue weighted by Gasteiger charge is -2.03. The minimum atomic E-state index is -0.397. The zero-order valence-corrected chi connectivity index (χ0v) is 10.8. The summed E-state index contributed by atoms with van der Waals surface area (Å²) in [5, 5.41) is 0.855. The summed E-state index contributed by atoms with van der Waals surface area (Å²) in [7, 11) is 0. The average Bonchev–Trinajstić information content (AvgIpc) is 2.39. The molecule has 17 heavy (non-hydrogen) atoms. The van der Waals surface area contributed by atoms with Crippen molar-refractivity contribution in [1.29, 1.82) is 0 Å². The van der Waals surface area contributed by atoms with E-state index in [9.17, 15) is 4.79 Å². The third-order valence-electron chi connectivity index (χ3n) is 2.61. The Balaban J connectivity index is 2.29. The zero-order valence-electron chi connectivity index (χ0n) is 9.19. The molecule has 0 fully saturated rings. The van der Waals surface area contributed by atoms with Gasteiger partial charge >= 0.3 is 0 Å². The molecule has 0 aromatic heterocycles. The summed E-state index contributed by atoms with van der Waals surface area (Å²) >= 11 is 3.41. The van der Waals surface area contributed by atoms with Crippen LogP contribution in [0.25, 0.3) is 11.1 Å². The van der Waals surface area contributed by atoms with Gasteiger partial charge in [-0.05, 0) is 28.8 Å². The summed E-state index contributed by atoms with van der Waals surface area (Å²) < 4.78 is 0. The van der Waals surface area contributed by atoms with Crippen LogP contribution in [0.3, 0.4) is 0 Å². The third-order valence-corrected chi connectivity index (χ3v) is 3.26. The molecule has 0 saturated carbocycles. The molecule has 0 aliphatic heterocycles. The molecule has 0 radical (unpaired) electrons. The minimum Gasteiger partial charge on any atom is -0.366 e. The molecule has 0 saturated heterocycles. The standard InChI is InChI=1S/C14H12BrNO/c15-9-10-1-3-11(4-2-10)12-5-7-13(8-6-12)14(16)17/h1-8H,9H2,(H2,16,17). The molecule has 86 valence electrons. The molecule has 0 unspecified atom stereocenters. The van der Waals surface area contributed by atoms with Gasteiger partial charge in [-0.2, -0.15) is 0 Å². The quantitative estimate of drug-likeness (QED) is 0.865. The second-order valence-corrected chi connectivity index (χ2v) is 4.33. The molecule has 0 aliphatic carbocycles. The van der Waals surface area contributed by atoms with Gasteiger partial charge in [-0.15, -0.1) is 0 Å². The van der Waals surface area contributed by atoms with Crippen molar-refractivity contribution in [1.82, 2.24) is 0 Å². The SMILES string of the molecule is NC(=O)c1ccc(-c2ccc(CBr)cc2)cc1. The first kappa shape index (κ1) is 11.9. The van der Waals surface area contributed by atoms with Gasteiger partial charge in [-0.1, -0.05) is 52.3 Å². The van der Waals surface area contributed by atoms with Crippen LogP contribution in [0.5, 0.6) is 0 Å². The maximum atomic E-state index is 10.9. The summed E-state index contributed by atoms with van der Waals surface area (Å²) in [6.45, 7) is 0. The molecule has 3 heteroatoms. The van der Waals surface area contributed by atoms with Crippen molar-refractivity contribution in [2.24, 2.45) is 5.73 Å². The maximum Gasteiger partial charge on any atom is 0.248 e. The molecule has 0 aliphatic rings. The first-order valence-electron chi connectivity index (χ1n) is 5.26. The molecule has 2 aromatic carbocycles. The second kappa shape index (κ2) is 5.15. The van der Waals surface area contributed by atoms with Gasteiger partial charge in [0.15, 0.2) is 0 Å². The van der Waals surface area contributed by atoms with Gasteiger partial charge < -0.3 is 5.73 Å². The zero-order chi connectivity index (χ0) is 12.3. The Morgan fingerprint density at radius 1 is 0.941 bits per heavy atom. The highest BCUT2D eigenvalue weighted by atomic mass is 79.9. The predicted octanol–water partition coefficient (Wildman–Crippen LogP) is 3.35. The van der Waals surface area contributed by atoms with Gasteiger partial charge in [-0.3, -0.25) is 4.79 Å². The molecular formula is C14H12BrNO. The molecule has 0 atom stereocenters. The number of halogens is 1. The fourth-order valence-electron chi connectivity index (χ4n) is 1.61. The van der Waals surface area contributed by atoms with Gasteiger partial charge in [0.25, 0.3) is 0 Å². The highest BCUT2D eigenvalue weighted by Gasteiger charge is 2.01. The molecule has 2 N–H and O–H groups in total. The van der Waals surface area contributed by atoms with Crippen LogP contribution in [0.1, 0.15) is 15.9 Å². The fraction of sp³-hybridized carbons (Fsp3) is 0.0714. The Hall–Kier alpha value is -1.61. The number of benzene rings is 2. The van der Waals surface area contributed by atoms with E-state index in [-0.39, 0.29) is 0 Å². The number of carbonyl (C=O) groups excluding carboxylic acids is 1. The molecular weight excluding hydrogens is 278 g/mol. The molecule has 2 aromatic rings. The number of hydrogen-bond acceptors (Lipinski definition) is 1. The van der Waals surface area contributed by atoms with E-state index < -0.39 is 5.91 Å². The Kier molecular flexibility index (Phi) is 3.59. The number of alkyl halides is 1. The van der Waals surface area contributed by atoms with Crippen molar-refractivity contribution in [2.75, 3.05) is 0 Å². The van der Waals surface area contributed by atoms with Crippen LogP contribution in [0.15, 0.2) is 48.5 Å². The summed E-state index contributed by atoms with van der Waals surface area (Å²) in [6.07, 6.45) is 0. The topological polar surface area (TPSA) is 43.1 Å². The van der Waals surface area contributed by atoms with Crippen LogP contribution >= 0.6 is 15.9 Å². The lowest BCUT2D eigenvalue weighted by atomic mass is 10.0. The normalized spacial score (nSPS) is 10.2. The van der Waals surface area contributed by atoms with Crippen LogP contribution in [0.4, 0.5) is 0 Å². The van der Waals surface area contributed by atoms with Gasteiger partial charge in [-0.25, -0.2) is 0 Å². The largest absolute Gasteiger partial charge is 0.366 e. The van der Waals surface area contributed by atoms with Crippen LogP contribution in [-0.2, 0) is 5.33 Å². The summed E-state index contributed by atoms with van der Waals surface area (Å²) in [5.41, 5.74) is 9.18. The Bertz CT molecular complexity index is 517. The monoisotopic (exact) mass is 289 g/mol. The number of hydrogen-bond donors (Lipinski definition) is 1. The number of amides is 1. The number of nitrogens with two attached hydrogens (primary N) is 1. The Morgan fingerprint density at radius 3 is 1.82 bits per heavy atom. The van der Waals surface area contributed by atoms with Crippen LogP contribution < -0.4 is 5.73 Å². The highest BCUT2D eigenvalue weighted by Crippen LogP contribution is 2.20. The lowest BCUT2D eigenvalue weighted by molar-refractivity contribution is 0.100. The molecule has 2 nitrogen and oxygen atoms in total. The second-order valence-electron chi connectivity index (χ2n) is 3.77. The van der Waals surface area contributed by atoms with Gasteiger partial charge in [0.1, 0.15) is 0 Å². The van der Waals surface area contributed by atoms with Crippen LogP contribution in [0.2, 0.25) is 0 Å². The van der Waals surface area contributed by atoms with Crippen molar-refractivity contribution in [3.8, 4) is 11.1 Å². The molecule has 1 amide bonds. The molecule has 0 spiro atoms. The number of carbonyl (C=O) groups is 1. The smallest absolute Gasteiger partial charge is 0.248 e. The van der Waals surface area contributed by atoms with E-state index in [1.807, 2.05) is 12.1 Å². The van der Waals surface area contributed by atoms with Crippen molar-refractivity contribution < 1.29 is 4.79 Å². The minimum absolute atomic E-state index is 0.397. The number of rotatable bonds is 3. The van der Waals surface area contributed by atoms with Crippen molar-refractivity contribution >= 4 is 21.8 Å². The van der Waals surface area contributed by atoms with Gasteiger partial charge in [0, 0.05) is 10.9 Å². The van der Waals surface area contributed by atoms with Crippen LogP contribution in [-0.4, -0.2) is 5.91 Å². The van der Waals surface area contributed by atoms with Gasteiger partial charge in [0.05, 0.1) is 0 Å². The first-order valence-corrected chi connectivity index (χ1v) is 6.38. The molecule has 0 bridgehead atoms. The van der Waals surface area contributed by atoms with Crippen molar-refractivity contribution in [3.05, 3.63) is 59.7 Å². The predicted molar refractivity (Wildman–Crippen MR) is 73.0 cm³/mol. The average molecular weight is 290 g/mol. The third kappa shape index (κ3) is 2.74. The van der Waals surface area contributed by atoms with Crippen molar-refractivity contribution in [2.45, 2.75) is 5.33 Å². The van der Waals surface area contributed by atoms with E-state index in [1.165, 1.54) is 5.56 Å². The molecule has 2 rings (SSSR count). The first-order chi connectivity index (χ1) is 8.20. The van der Waals surface area contributed by atoms with E-state index in [2.05, 4.69) is 40.2 Å². The maximum absolute atomic E-state index is 10.9. The summed E-state index contributed by atoms with van der Waals surface area (Å²) in [4.78, 5) is 10.9. The van der Waals surface area contributed by atoms with E-state index in [4.69, 9.17) is 5.73 Å². The Labute approximate surface area is 109 Å². The summed E-state index contributed by atoms with van der Waals surface area (Å²) in [6, 6.07) is 15.6. The highest BCUT2D eigenvalue weighted by molar-refractivity contribution is 9.08. The Morgan fingerprint density at radius 2 is 1.41 bits per heavy atom. The summed E-state index contributed by atoms with van der Waals surface area (Å²) in [5.74, 6) is -0.397. The fourth-order valence-corrected chi connectivity index (χ4v) is 1.99. The van der Waals surface area contributed by atoms with Crippen molar-refractivity contribution in [3.63, 3.8) is 0 Å². The van der Waals surface area contributed by atoms with Gasteiger partial charge in [0.2, 0.25) is 5.91 Å². The van der Waals surface area contributed by atoms with E-state index in [1.54, 1.807) is 12.1 Å². The van der Waals surface area contributed by atoms with Crippen LogP contribution in [0, 0.1) is 0 Å².